The van der Waals surface area contributed by atoms with Crippen LogP contribution < -0.4 is 20.2 Å². The van der Waals surface area contributed by atoms with E-state index in [2.05, 4.69) is 22.3 Å². The highest BCUT2D eigenvalue weighted by atomic mass is 127. The Morgan fingerprint density at radius 2 is 1.92 bits per heavy atom. The van der Waals surface area contributed by atoms with Gasteiger partial charge >= 0.3 is 5.69 Å². The number of anilines is 2. The minimum atomic E-state index is -1.10. The van der Waals surface area contributed by atoms with Gasteiger partial charge in [0.05, 0.1) is 45.9 Å². The summed E-state index contributed by atoms with van der Waals surface area (Å²) in [6.45, 7) is 7.47. The average molecular weight is 838 g/mol. The van der Waals surface area contributed by atoms with Crippen LogP contribution in [0.5, 0.6) is 5.75 Å². The molecule has 3 atom stereocenters. The van der Waals surface area contributed by atoms with Crippen LogP contribution in [0.3, 0.4) is 0 Å². The normalized spacial score (nSPS) is 21.1. The van der Waals surface area contributed by atoms with Crippen molar-refractivity contribution in [3.05, 3.63) is 93.0 Å². The van der Waals surface area contributed by atoms with Crippen molar-refractivity contribution >= 4 is 66.2 Å². The molecule has 2 fully saturated rings. The third kappa shape index (κ3) is 7.26. The van der Waals surface area contributed by atoms with Crippen molar-refractivity contribution in [3.8, 4) is 11.4 Å². The summed E-state index contributed by atoms with van der Waals surface area (Å²) in [6, 6.07) is 13.9. The van der Waals surface area contributed by atoms with E-state index in [1.54, 1.807) is 36.8 Å². The fourth-order valence-corrected chi connectivity index (χ4v) is 7.96. The molecule has 2 saturated heterocycles. The molecule has 3 aliphatic rings. The zero-order chi connectivity index (χ0) is 34.8. The van der Waals surface area contributed by atoms with Crippen molar-refractivity contribution in [1.82, 2.24) is 24.2 Å². The third-order valence-corrected chi connectivity index (χ3v) is 11.1. The SMILES string of the molecule is CC[C@H](C)n1ncn(-c2ccc(N3CCN(c4ccc(OC[C@@H]5CO[C@@](CN6C=NI=C6)(c6ccc(Cl)cc6Cl)O5)cn4)CC3)c(F)c2)c1=O. The van der Waals surface area contributed by atoms with E-state index in [9.17, 15) is 4.79 Å². The van der Waals surface area contributed by atoms with Crippen LogP contribution in [0.4, 0.5) is 15.9 Å². The maximum absolute atomic E-state index is 15.3. The molecule has 264 valence electrons. The molecule has 0 aliphatic carbocycles. The second-order valence-electron chi connectivity index (χ2n) is 12.3. The number of pyridine rings is 1. The van der Waals surface area contributed by atoms with Gasteiger partial charge in [0.2, 0.25) is 5.79 Å². The van der Waals surface area contributed by atoms with E-state index in [1.807, 2.05) is 41.8 Å². The number of piperazine rings is 1. The van der Waals surface area contributed by atoms with Crippen LogP contribution in [0.2, 0.25) is 10.0 Å². The van der Waals surface area contributed by atoms with Gasteiger partial charge in [-0.3, -0.25) is 0 Å². The van der Waals surface area contributed by atoms with Gasteiger partial charge in [-0.05, 0) is 49.7 Å². The summed E-state index contributed by atoms with van der Waals surface area (Å²) in [5.74, 6) is -0.0564. The van der Waals surface area contributed by atoms with E-state index in [0.717, 1.165) is 12.2 Å². The van der Waals surface area contributed by atoms with Crippen LogP contribution in [0.1, 0.15) is 31.9 Å². The molecule has 2 aromatic heterocycles. The van der Waals surface area contributed by atoms with E-state index in [-0.39, 0.29) is 51.3 Å². The number of ether oxygens (including phenoxy) is 3. The second kappa shape index (κ2) is 15.0. The van der Waals surface area contributed by atoms with Crippen molar-refractivity contribution in [2.75, 3.05) is 55.7 Å². The molecule has 0 unspecified atom stereocenters. The molecule has 0 radical (unpaired) electrons. The highest BCUT2D eigenvalue weighted by Gasteiger charge is 2.46. The Labute approximate surface area is 309 Å². The van der Waals surface area contributed by atoms with Crippen molar-refractivity contribution in [3.63, 3.8) is 0 Å². The summed E-state index contributed by atoms with van der Waals surface area (Å²) in [5, 5.41) is 5.20. The van der Waals surface area contributed by atoms with Gasteiger partial charge in [-0.15, -0.1) is 0 Å². The number of aromatic nitrogens is 4. The Kier molecular flexibility index (Phi) is 10.4. The van der Waals surface area contributed by atoms with Crippen LogP contribution in [-0.2, 0) is 15.3 Å². The van der Waals surface area contributed by atoms with Gasteiger partial charge in [0, 0.05) is 63.8 Å². The molecular weight excluding hydrogens is 801 g/mol. The lowest BCUT2D eigenvalue weighted by Crippen LogP contribution is -2.47. The molecule has 16 heteroatoms. The summed E-state index contributed by atoms with van der Waals surface area (Å²) in [7, 11) is 0. The Morgan fingerprint density at radius 3 is 2.62 bits per heavy atom. The number of hydrogen-bond acceptors (Lipinski definition) is 10. The highest BCUT2D eigenvalue weighted by molar-refractivity contribution is 14.2. The lowest BCUT2D eigenvalue weighted by atomic mass is 10.1. The molecular formula is C34H36Cl2FIN8O4. The first-order chi connectivity index (χ1) is 24.2. The largest absolute Gasteiger partial charge is 0.489 e. The Balaban J connectivity index is 0.936. The van der Waals surface area contributed by atoms with E-state index in [1.165, 1.54) is 21.6 Å². The number of hydrogen-bond donors (Lipinski definition) is 0. The number of nitrogens with zero attached hydrogens (tertiary/aromatic N) is 8. The van der Waals surface area contributed by atoms with E-state index in [0.29, 0.717) is 72.1 Å². The quantitative estimate of drug-likeness (QED) is 0.174. The first-order valence-corrected chi connectivity index (χ1v) is 19.3. The van der Waals surface area contributed by atoms with Gasteiger partial charge in [-0.2, -0.15) is 5.10 Å². The topological polar surface area (TPSA) is 102 Å². The van der Waals surface area contributed by atoms with Crippen molar-refractivity contribution in [1.29, 1.82) is 0 Å². The standard InChI is InChI=1S/C34H36Cl2FIN8O4/c1-3-23(2)46-33(47)45(22-41-46)25-5-8-31(30(37)15-25)43-10-12-44(13-11-43)32-9-6-26(16-39-32)48-17-27-18-49-34(50-27,19-42-20-38-40-21-42)28-7-4-24(35)14-29(28)36/h4-9,14-16,20-23,27H,3,10-13,17-19H2,1-2H3/t23-,27+,34+/m0/s1. The number of halogens is 4. The van der Waals surface area contributed by atoms with Crippen molar-refractivity contribution < 1.29 is 18.6 Å². The summed E-state index contributed by atoms with van der Waals surface area (Å²) in [5.41, 5.74) is 1.37. The molecule has 0 saturated carbocycles. The van der Waals surface area contributed by atoms with Crippen LogP contribution in [-0.4, -0.2) is 86.7 Å². The number of benzene rings is 2. The maximum atomic E-state index is 15.3. The van der Waals surface area contributed by atoms with Crippen LogP contribution >= 0.6 is 44.2 Å². The molecule has 0 bridgehead atoms. The molecule has 5 heterocycles. The predicted octanol–water partition coefficient (Wildman–Crippen LogP) is 5.81. The molecule has 50 heavy (non-hydrogen) atoms. The first-order valence-electron chi connectivity index (χ1n) is 16.3. The Hall–Kier alpha value is -3.57. The van der Waals surface area contributed by atoms with Gasteiger partial charge in [-0.1, -0.05) is 36.2 Å². The van der Waals surface area contributed by atoms with Crippen LogP contribution in [0.25, 0.3) is 5.69 Å². The van der Waals surface area contributed by atoms with Gasteiger partial charge < -0.3 is 28.9 Å². The Morgan fingerprint density at radius 1 is 1.10 bits per heavy atom. The molecule has 4 aromatic rings. The van der Waals surface area contributed by atoms with Crippen LogP contribution in [0.15, 0.2) is 69.1 Å². The highest BCUT2D eigenvalue weighted by Crippen LogP contribution is 2.40. The van der Waals surface area contributed by atoms with E-state index >= 15 is 4.39 Å². The second-order valence-corrected chi connectivity index (χ2v) is 14.8. The third-order valence-electron chi connectivity index (χ3n) is 9.02. The minimum absolute atomic E-state index is 0.0347. The van der Waals surface area contributed by atoms with Crippen molar-refractivity contribution in [2.24, 2.45) is 3.21 Å². The number of rotatable bonds is 11. The minimum Gasteiger partial charge on any atom is -0.489 e. The molecule has 0 amide bonds. The summed E-state index contributed by atoms with van der Waals surface area (Å²) in [6.07, 6.45) is 5.37. The zero-order valence-electron chi connectivity index (χ0n) is 27.5. The molecule has 0 N–H and O–H groups in total. The fraction of sp³-hybridized carbons (Fsp3) is 0.382. The summed E-state index contributed by atoms with van der Waals surface area (Å²) in [4.78, 5) is 23.6. The van der Waals surface area contributed by atoms with Gasteiger partial charge in [0.25, 0.3) is 0 Å². The lowest BCUT2D eigenvalue weighted by Gasteiger charge is -2.37. The van der Waals surface area contributed by atoms with Gasteiger partial charge in [0.1, 0.15) is 42.8 Å². The molecule has 7 rings (SSSR count). The first kappa shape index (κ1) is 34.9. The average Bonchev–Trinajstić information content (AvgIpc) is 3.88. The van der Waals surface area contributed by atoms with Gasteiger partial charge in [-0.25, -0.2) is 26.6 Å². The maximum Gasteiger partial charge on any atom is 0.350 e. The molecule has 2 aromatic carbocycles. The van der Waals surface area contributed by atoms with Gasteiger partial charge in [0.15, 0.2) is 0 Å². The smallest absolute Gasteiger partial charge is 0.350 e. The lowest BCUT2D eigenvalue weighted by molar-refractivity contribution is -0.180. The molecule has 0 spiro atoms. The summed E-state index contributed by atoms with van der Waals surface area (Å²) >= 11 is 12.4. The Bertz CT molecular complexity index is 1940. The van der Waals surface area contributed by atoms with E-state index in [4.69, 9.17) is 37.4 Å². The van der Waals surface area contributed by atoms with E-state index < -0.39 is 5.79 Å². The monoisotopic (exact) mass is 836 g/mol. The van der Waals surface area contributed by atoms with Crippen molar-refractivity contribution in [2.45, 2.75) is 38.2 Å². The predicted molar refractivity (Wildman–Crippen MR) is 201 cm³/mol. The summed E-state index contributed by atoms with van der Waals surface area (Å²) < 4.78 is 43.4. The molecule has 3 aliphatic heterocycles. The fourth-order valence-electron chi connectivity index (χ4n) is 6.14. The molecule has 12 nitrogen and oxygen atoms in total. The van der Waals surface area contributed by atoms with Crippen LogP contribution in [0, 0.1) is 5.82 Å². The zero-order valence-corrected chi connectivity index (χ0v) is 31.1.